The summed E-state index contributed by atoms with van der Waals surface area (Å²) in [4.78, 5) is 4.31. The highest BCUT2D eigenvalue weighted by molar-refractivity contribution is 6.31. The maximum absolute atomic E-state index is 5.92. The largest absolute Gasteiger partial charge is 0.397 e. The first-order valence-corrected chi connectivity index (χ1v) is 5.74. The highest BCUT2D eigenvalue weighted by Gasteiger charge is 2.02. The molecule has 2 aromatic rings. The minimum atomic E-state index is 0.636. The first-order chi connectivity index (χ1) is 8.16. The number of nitrogen functional groups attached to an aromatic ring is 1. The molecule has 0 spiro atoms. The van der Waals surface area contributed by atoms with Gasteiger partial charge in [0.15, 0.2) is 0 Å². The third kappa shape index (κ3) is 2.88. The SMILES string of the molecule is Cc1cccnc1CNc1cc(Cl)ccc1N. The Morgan fingerprint density at radius 2 is 2.18 bits per heavy atom. The summed E-state index contributed by atoms with van der Waals surface area (Å²) in [6, 6.07) is 9.33. The van der Waals surface area contributed by atoms with Gasteiger partial charge in [0.1, 0.15) is 0 Å². The van der Waals surface area contributed by atoms with E-state index >= 15 is 0 Å². The fraction of sp³-hybridized carbons (Fsp3) is 0.154. The van der Waals surface area contributed by atoms with Gasteiger partial charge in [-0.25, -0.2) is 0 Å². The smallest absolute Gasteiger partial charge is 0.0623 e. The van der Waals surface area contributed by atoms with Crippen molar-refractivity contribution >= 4 is 23.0 Å². The Labute approximate surface area is 106 Å². The normalized spacial score (nSPS) is 10.2. The van der Waals surface area contributed by atoms with Crippen molar-refractivity contribution in [3.05, 3.63) is 52.8 Å². The molecule has 0 aliphatic heterocycles. The number of nitrogens with zero attached hydrogens (tertiary/aromatic N) is 1. The van der Waals surface area contributed by atoms with Crippen molar-refractivity contribution in [1.82, 2.24) is 4.98 Å². The van der Waals surface area contributed by atoms with Crippen LogP contribution in [-0.2, 0) is 6.54 Å². The van der Waals surface area contributed by atoms with Crippen LogP contribution in [0.25, 0.3) is 0 Å². The Kier molecular flexibility index (Phi) is 3.49. The Bertz CT molecular complexity index is 526. The van der Waals surface area contributed by atoms with E-state index in [0.29, 0.717) is 17.3 Å². The Balaban J connectivity index is 2.12. The summed E-state index contributed by atoms with van der Waals surface area (Å²) in [5, 5.41) is 3.91. The lowest BCUT2D eigenvalue weighted by molar-refractivity contribution is 1.02. The molecule has 88 valence electrons. The molecule has 0 atom stereocenters. The number of aryl methyl sites for hydroxylation is 1. The van der Waals surface area contributed by atoms with E-state index in [1.807, 2.05) is 25.1 Å². The molecule has 1 aromatic carbocycles. The van der Waals surface area contributed by atoms with Gasteiger partial charge < -0.3 is 11.1 Å². The van der Waals surface area contributed by atoms with Gasteiger partial charge in [0, 0.05) is 11.2 Å². The molecule has 1 aromatic heterocycles. The maximum Gasteiger partial charge on any atom is 0.0623 e. The zero-order valence-corrected chi connectivity index (χ0v) is 10.3. The maximum atomic E-state index is 5.92. The zero-order chi connectivity index (χ0) is 12.3. The molecule has 3 nitrogen and oxygen atoms in total. The molecule has 0 saturated carbocycles. The monoisotopic (exact) mass is 247 g/mol. The van der Waals surface area contributed by atoms with Crippen LogP contribution in [0.4, 0.5) is 11.4 Å². The first kappa shape index (κ1) is 11.7. The molecule has 0 unspecified atom stereocenters. The predicted molar refractivity (Wildman–Crippen MR) is 72.2 cm³/mol. The van der Waals surface area contributed by atoms with Crippen molar-refractivity contribution in [3.8, 4) is 0 Å². The summed E-state index contributed by atoms with van der Waals surface area (Å²) >= 11 is 5.92. The summed E-state index contributed by atoms with van der Waals surface area (Å²) in [5.74, 6) is 0. The molecule has 2 rings (SSSR count). The zero-order valence-electron chi connectivity index (χ0n) is 9.57. The molecule has 3 N–H and O–H groups in total. The van der Waals surface area contributed by atoms with Crippen LogP contribution in [0, 0.1) is 6.92 Å². The Morgan fingerprint density at radius 3 is 2.94 bits per heavy atom. The average Bonchev–Trinajstić information content (AvgIpc) is 2.32. The third-order valence-electron chi connectivity index (χ3n) is 2.58. The van der Waals surface area contributed by atoms with Crippen LogP contribution >= 0.6 is 11.6 Å². The molecule has 0 amide bonds. The summed E-state index contributed by atoms with van der Waals surface area (Å²) in [6.07, 6.45) is 1.78. The summed E-state index contributed by atoms with van der Waals surface area (Å²) in [6.45, 7) is 2.67. The molecule has 0 fully saturated rings. The molecule has 0 aliphatic carbocycles. The van der Waals surface area contributed by atoms with Gasteiger partial charge in [-0.3, -0.25) is 4.98 Å². The van der Waals surface area contributed by atoms with E-state index < -0.39 is 0 Å². The molecule has 1 heterocycles. The number of hydrogen-bond donors (Lipinski definition) is 2. The minimum Gasteiger partial charge on any atom is -0.397 e. The molecule has 0 aliphatic rings. The van der Waals surface area contributed by atoms with Gasteiger partial charge in [0.25, 0.3) is 0 Å². The van der Waals surface area contributed by atoms with Crippen molar-refractivity contribution in [2.24, 2.45) is 0 Å². The molecular formula is C13H14ClN3. The lowest BCUT2D eigenvalue weighted by atomic mass is 10.2. The van der Waals surface area contributed by atoms with Crippen molar-refractivity contribution in [2.75, 3.05) is 11.1 Å². The van der Waals surface area contributed by atoms with Gasteiger partial charge in [-0.05, 0) is 36.8 Å². The fourth-order valence-corrected chi connectivity index (χ4v) is 1.74. The van der Waals surface area contributed by atoms with Crippen LogP contribution in [0.3, 0.4) is 0 Å². The van der Waals surface area contributed by atoms with Gasteiger partial charge in [0.05, 0.1) is 23.6 Å². The van der Waals surface area contributed by atoms with E-state index in [1.54, 1.807) is 18.3 Å². The molecule has 4 heteroatoms. The van der Waals surface area contributed by atoms with E-state index in [1.165, 1.54) is 0 Å². The third-order valence-corrected chi connectivity index (χ3v) is 2.81. The molecule has 0 saturated heterocycles. The fourth-order valence-electron chi connectivity index (χ4n) is 1.56. The highest BCUT2D eigenvalue weighted by Crippen LogP contribution is 2.23. The minimum absolute atomic E-state index is 0.636. The summed E-state index contributed by atoms with van der Waals surface area (Å²) in [7, 11) is 0. The number of nitrogens with one attached hydrogen (secondary N) is 1. The van der Waals surface area contributed by atoms with Crippen molar-refractivity contribution in [1.29, 1.82) is 0 Å². The van der Waals surface area contributed by atoms with Crippen LogP contribution in [0.1, 0.15) is 11.3 Å². The Morgan fingerprint density at radius 1 is 1.35 bits per heavy atom. The first-order valence-electron chi connectivity index (χ1n) is 5.36. The van der Waals surface area contributed by atoms with Gasteiger partial charge in [-0.1, -0.05) is 17.7 Å². The van der Waals surface area contributed by atoms with Crippen LogP contribution in [0.15, 0.2) is 36.5 Å². The number of halogens is 1. The van der Waals surface area contributed by atoms with E-state index in [9.17, 15) is 0 Å². The number of benzene rings is 1. The number of hydrogen-bond acceptors (Lipinski definition) is 3. The molecule has 17 heavy (non-hydrogen) atoms. The number of nitrogens with two attached hydrogens (primary N) is 1. The van der Waals surface area contributed by atoms with Crippen molar-refractivity contribution in [2.45, 2.75) is 13.5 Å². The summed E-state index contributed by atoms with van der Waals surface area (Å²) < 4.78 is 0. The van der Waals surface area contributed by atoms with Crippen LogP contribution < -0.4 is 11.1 Å². The van der Waals surface area contributed by atoms with E-state index in [0.717, 1.165) is 16.9 Å². The van der Waals surface area contributed by atoms with Gasteiger partial charge >= 0.3 is 0 Å². The van der Waals surface area contributed by atoms with Crippen LogP contribution in [-0.4, -0.2) is 4.98 Å². The summed E-state index contributed by atoms with van der Waals surface area (Å²) in [5.41, 5.74) is 9.53. The second kappa shape index (κ2) is 5.06. The molecule has 0 radical (unpaired) electrons. The number of pyridine rings is 1. The average molecular weight is 248 g/mol. The highest BCUT2D eigenvalue weighted by atomic mass is 35.5. The lowest BCUT2D eigenvalue weighted by Gasteiger charge is -2.10. The topological polar surface area (TPSA) is 50.9 Å². The van der Waals surface area contributed by atoms with E-state index in [2.05, 4.69) is 10.3 Å². The van der Waals surface area contributed by atoms with Gasteiger partial charge in [-0.2, -0.15) is 0 Å². The van der Waals surface area contributed by atoms with Crippen LogP contribution in [0.5, 0.6) is 0 Å². The number of rotatable bonds is 3. The second-order valence-electron chi connectivity index (χ2n) is 3.85. The number of aromatic nitrogens is 1. The number of anilines is 2. The van der Waals surface area contributed by atoms with Crippen molar-refractivity contribution in [3.63, 3.8) is 0 Å². The standard InChI is InChI=1S/C13H14ClN3/c1-9-3-2-6-16-13(9)8-17-12-7-10(14)4-5-11(12)15/h2-7,17H,8,15H2,1H3. The van der Waals surface area contributed by atoms with Crippen LogP contribution in [0.2, 0.25) is 5.02 Å². The van der Waals surface area contributed by atoms with E-state index in [4.69, 9.17) is 17.3 Å². The Hall–Kier alpha value is -1.74. The lowest BCUT2D eigenvalue weighted by Crippen LogP contribution is -2.05. The second-order valence-corrected chi connectivity index (χ2v) is 4.29. The molecule has 0 bridgehead atoms. The van der Waals surface area contributed by atoms with Gasteiger partial charge in [-0.15, -0.1) is 0 Å². The predicted octanol–water partition coefficient (Wildman–Crippen LogP) is 3.24. The quantitative estimate of drug-likeness (QED) is 0.819. The van der Waals surface area contributed by atoms with Gasteiger partial charge in [0.2, 0.25) is 0 Å². The van der Waals surface area contributed by atoms with Crippen molar-refractivity contribution < 1.29 is 0 Å². The van der Waals surface area contributed by atoms with E-state index in [-0.39, 0.29) is 0 Å². The molecular weight excluding hydrogens is 234 g/mol.